The average molecular weight is 260 g/mol. The first-order valence-corrected chi connectivity index (χ1v) is 8.34. The van der Waals surface area contributed by atoms with Gasteiger partial charge in [-0.1, -0.05) is 96.0 Å². The Morgan fingerprint density at radius 3 is 2.11 bits per heavy atom. The molecule has 1 rings (SSSR count). The van der Waals surface area contributed by atoms with E-state index < -0.39 is 0 Å². The summed E-state index contributed by atoms with van der Waals surface area (Å²) in [7, 11) is 0. The number of unbranched alkanes of at least 4 members (excludes halogenated alkanes) is 4. The van der Waals surface area contributed by atoms with Crippen LogP contribution in [0.25, 0.3) is 0 Å². The van der Waals surface area contributed by atoms with E-state index in [0.717, 1.165) is 11.8 Å². The Kier molecular flexibility index (Phi) is 8.62. The minimum absolute atomic E-state index is 0.768. The van der Waals surface area contributed by atoms with Gasteiger partial charge in [-0.05, 0) is 23.8 Å². The van der Waals surface area contributed by atoms with Crippen molar-refractivity contribution in [1.82, 2.24) is 0 Å². The fourth-order valence-electron chi connectivity index (χ4n) is 3.00. The summed E-state index contributed by atoms with van der Waals surface area (Å²) in [6.07, 6.45) is 11.0. The van der Waals surface area contributed by atoms with E-state index in [1.165, 1.54) is 51.4 Å². The molecule has 0 nitrogen and oxygen atoms in total. The van der Waals surface area contributed by atoms with Gasteiger partial charge in [0.2, 0.25) is 0 Å². The molecule has 1 aromatic carbocycles. The van der Waals surface area contributed by atoms with Gasteiger partial charge in [0.05, 0.1) is 0 Å². The van der Waals surface area contributed by atoms with Gasteiger partial charge in [0.1, 0.15) is 0 Å². The second kappa shape index (κ2) is 10.1. The molecule has 0 aliphatic heterocycles. The largest absolute Gasteiger partial charge is 0.0654 e. The molecule has 2 unspecified atom stereocenters. The maximum atomic E-state index is 2.45. The van der Waals surface area contributed by atoms with Crippen molar-refractivity contribution >= 4 is 0 Å². The third-order valence-electron chi connectivity index (χ3n) is 4.30. The van der Waals surface area contributed by atoms with Gasteiger partial charge in [0.25, 0.3) is 0 Å². The van der Waals surface area contributed by atoms with Crippen LogP contribution in [0.5, 0.6) is 0 Å². The van der Waals surface area contributed by atoms with Crippen molar-refractivity contribution in [2.45, 2.75) is 78.1 Å². The maximum absolute atomic E-state index is 2.45. The standard InChI is InChI=1S/C19H32/c1-4-6-8-12-16-19(17(3)13-7-5-2)18-14-10-9-11-15-18/h9-11,14-15,17,19H,4-8,12-13,16H2,1-3H3. The van der Waals surface area contributed by atoms with Crippen LogP contribution in [0.4, 0.5) is 0 Å². The third-order valence-corrected chi connectivity index (χ3v) is 4.30. The number of hydrogen-bond donors (Lipinski definition) is 0. The molecule has 0 saturated heterocycles. The highest BCUT2D eigenvalue weighted by atomic mass is 14.2. The van der Waals surface area contributed by atoms with Gasteiger partial charge in [0, 0.05) is 0 Å². The van der Waals surface area contributed by atoms with E-state index in [1.54, 1.807) is 5.56 Å². The van der Waals surface area contributed by atoms with Crippen molar-refractivity contribution in [3.63, 3.8) is 0 Å². The van der Waals surface area contributed by atoms with Gasteiger partial charge in [-0.15, -0.1) is 0 Å². The lowest BCUT2D eigenvalue weighted by molar-refractivity contribution is 0.383. The summed E-state index contributed by atoms with van der Waals surface area (Å²) in [5, 5.41) is 0. The van der Waals surface area contributed by atoms with Gasteiger partial charge < -0.3 is 0 Å². The molecule has 0 radical (unpaired) electrons. The van der Waals surface area contributed by atoms with Crippen molar-refractivity contribution in [2.75, 3.05) is 0 Å². The Balaban J connectivity index is 2.57. The number of hydrogen-bond acceptors (Lipinski definition) is 0. The van der Waals surface area contributed by atoms with E-state index in [1.807, 2.05) is 0 Å². The van der Waals surface area contributed by atoms with E-state index in [4.69, 9.17) is 0 Å². The molecule has 0 bridgehead atoms. The lowest BCUT2D eigenvalue weighted by Gasteiger charge is -2.24. The van der Waals surface area contributed by atoms with Gasteiger partial charge in [-0.2, -0.15) is 0 Å². The normalized spacial score (nSPS) is 14.3. The van der Waals surface area contributed by atoms with E-state index in [-0.39, 0.29) is 0 Å². The quantitative estimate of drug-likeness (QED) is 0.417. The van der Waals surface area contributed by atoms with Gasteiger partial charge >= 0.3 is 0 Å². The monoisotopic (exact) mass is 260 g/mol. The minimum atomic E-state index is 0.768. The van der Waals surface area contributed by atoms with E-state index in [9.17, 15) is 0 Å². The van der Waals surface area contributed by atoms with Gasteiger partial charge in [-0.3, -0.25) is 0 Å². The predicted octanol–water partition coefficient (Wildman–Crippen LogP) is 6.57. The fraction of sp³-hybridized carbons (Fsp3) is 0.684. The zero-order chi connectivity index (χ0) is 13.9. The summed E-state index contributed by atoms with van der Waals surface area (Å²) < 4.78 is 0. The maximum Gasteiger partial charge on any atom is -0.0136 e. The molecule has 0 heteroatoms. The molecule has 0 aliphatic carbocycles. The lowest BCUT2D eigenvalue weighted by Crippen LogP contribution is -2.10. The second-order valence-electron chi connectivity index (χ2n) is 5.99. The number of rotatable bonds is 10. The molecule has 0 heterocycles. The van der Waals surface area contributed by atoms with Crippen LogP contribution >= 0.6 is 0 Å². The van der Waals surface area contributed by atoms with Crippen molar-refractivity contribution in [3.8, 4) is 0 Å². The van der Waals surface area contributed by atoms with Crippen LogP contribution in [0.3, 0.4) is 0 Å². The molecule has 0 saturated carbocycles. The third kappa shape index (κ3) is 6.27. The van der Waals surface area contributed by atoms with Crippen molar-refractivity contribution < 1.29 is 0 Å². The summed E-state index contributed by atoms with van der Waals surface area (Å²) >= 11 is 0. The summed E-state index contributed by atoms with van der Waals surface area (Å²) in [6.45, 7) is 7.04. The summed E-state index contributed by atoms with van der Waals surface area (Å²) in [4.78, 5) is 0. The predicted molar refractivity (Wildman–Crippen MR) is 86.6 cm³/mol. The summed E-state index contributed by atoms with van der Waals surface area (Å²) in [5.74, 6) is 1.59. The topological polar surface area (TPSA) is 0 Å². The Hall–Kier alpha value is -0.780. The van der Waals surface area contributed by atoms with Gasteiger partial charge in [0.15, 0.2) is 0 Å². The molecule has 0 fully saturated rings. The zero-order valence-corrected chi connectivity index (χ0v) is 13.2. The second-order valence-corrected chi connectivity index (χ2v) is 5.99. The fourth-order valence-corrected chi connectivity index (χ4v) is 3.00. The highest BCUT2D eigenvalue weighted by molar-refractivity contribution is 5.20. The lowest BCUT2D eigenvalue weighted by atomic mass is 9.81. The van der Waals surface area contributed by atoms with E-state index in [0.29, 0.717) is 0 Å². The molecule has 0 N–H and O–H groups in total. The first-order valence-electron chi connectivity index (χ1n) is 8.34. The first-order chi connectivity index (χ1) is 9.29. The molecular formula is C19H32. The van der Waals surface area contributed by atoms with E-state index >= 15 is 0 Å². The van der Waals surface area contributed by atoms with Crippen LogP contribution in [0, 0.1) is 5.92 Å². The molecule has 19 heavy (non-hydrogen) atoms. The number of benzene rings is 1. The van der Waals surface area contributed by atoms with Gasteiger partial charge in [-0.25, -0.2) is 0 Å². The smallest absolute Gasteiger partial charge is 0.0136 e. The van der Waals surface area contributed by atoms with Crippen molar-refractivity contribution in [2.24, 2.45) is 5.92 Å². The van der Waals surface area contributed by atoms with Crippen LogP contribution in [-0.4, -0.2) is 0 Å². The average Bonchev–Trinajstić information content (AvgIpc) is 2.46. The molecule has 108 valence electrons. The Morgan fingerprint density at radius 2 is 1.47 bits per heavy atom. The molecule has 0 spiro atoms. The Morgan fingerprint density at radius 1 is 0.789 bits per heavy atom. The summed E-state index contributed by atoms with van der Waals surface area (Å²) in [6, 6.07) is 11.2. The van der Waals surface area contributed by atoms with Crippen LogP contribution in [0.2, 0.25) is 0 Å². The van der Waals surface area contributed by atoms with Crippen molar-refractivity contribution in [3.05, 3.63) is 35.9 Å². The molecule has 1 aromatic rings. The molecule has 0 aliphatic rings. The Labute approximate surface area is 120 Å². The first kappa shape index (κ1) is 16.3. The van der Waals surface area contributed by atoms with Crippen LogP contribution < -0.4 is 0 Å². The molecular weight excluding hydrogens is 228 g/mol. The molecule has 0 aromatic heterocycles. The zero-order valence-electron chi connectivity index (χ0n) is 13.2. The highest BCUT2D eigenvalue weighted by Gasteiger charge is 2.18. The molecule has 0 amide bonds. The minimum Gasteiger partial charge on any atom is -0.0654 e. The summed E-state index contributed by atoms with van der Waals surface area (Å²) in [5.41, 5.74) is 1.56. The van der Waals surface area contributed by atoms with Crippen LogP contribution in [-0.2, 0) is 0 Å². The van der Waals surface area contributed by atoms with Crippen LogP contribution in [0.1, 0.15) is 83.6 Å². The van der Waals surface area contributed by atoms with E-state index in [2.05, 4.69) is 51.1 Å². The Bertz CT molecular complexity index is 301. The SMILES string of the molecule is CCCCCCC(c1ccccc1)C(C)CCCC. The highest BCUT2D eigenvalue weighted by Crippen LogP contribution is 2.33. The van der Waals surface area contributed by atoms with Crippen LogP contribution in [0.15, 0.2) is 30.3 Å². The van der Waals surface area contributed by atoms with Crippen molar-refractivity contribution in [1.29, 1.82) is 0 Å². The molecule has 2 atom stereocenters.